The highest BCUT2D eigenvalue weighted by Gasteiger charge is 2.13. The van der Waals surface area contributed by atoms with E-state index in [2.05, 4.69) is 15.5 Å². The van der Waals surface area contributed by atoms with Gasteiger partial charge in [-0.25, -0.2) is 5.43 Å². The number of aryl methyl sites for hydroxylation is 1. The lowest BCUT2D eigenvalue weighted by atomic mass is 10.1. The number of rotatable bonds is 5. The number of amides is 1. The van der Waals surface area contributed by atoms with Crippen molar-refractivity contribution in [1.82, 2.24) is 10.4 Å². The summed E-state index contributed by atoms with van der Waals surface area (Å²) in [6.07, 6.45) is 3.12. The van der Waals surface area contributed by atoms with Gasteiger partial charge in [-0.1, -0.05) is 12.1 Å². The molecule has 0 fully saturated rings. The maximum atomic E-state index is 11.8. The highest BCUT2D eigenvalue weighted by molar-refractivity contribution is 5.93. The number of ether oxygens (including phenoxy) is 2. The van der Waals surface area contributed by atoms with Crippen LogP contribution in [0, 0.1) is 0 Å². The van der Waals surface area contributed by atoms with Crippen LogP contribution in [0.5, 0.6) is 11.5 Å². The van der Waals surface area contributed by atoms with Gasteiger partial charge in [0.05, 0.1) is 0 Å². The molecule has 0 atom stereocenters. The highest BCUT2D eigenvalue weighted by atomic mass is 16.7. The van der Waals surface area contributed by atoms with Gasteiger partial charge < -0.3 is 9.47 Å². The molecule has 1 aliphatic rings. The lowest BCUT2D eigenvalue weighted by molar-refractivity contribution is 0.0949. The van der Waals surface area contributed by atoms with Crippen molar-refractivity contribution in [2.24, 2.45) is 5.10 Å². The molecule has 3 rings (SSSR count). The smallest absolute Gasteiger partial charge is 0.289 e. The minimum Gasteiger partial charge on any atom is -0.454 e. The summed E-state index contributed by atoms with van der Waals surface area (Å²) < 4.78 is 10.6. The molecule has 0 saturated carbocycles. The lowest BCUT2D eigenvalue weighted by Crippen LogP contribution is -2.20. The molecule has 1 aliphatic heterocycles. The van der Waals surface area contributed by atoms with Gasteiger partial charge in [0.15, 0.2) is 11.5 Å². The number of nitrogens with zero attached hydrogens (tertiary/aromatic N) is 2. The van der Waals surface area contributed by atoms with Gasteiger partial charge in [0.1, 0.15) is 5.69 Å². The number of aromatic nitrogens is 1. The molecule has 118 valence electrons. The van der Waals surface area contributed by atoms with E-state index in [4.69, 9.17) is 9.47 Å². The van der Waals surface area contributed by atoms with E-state index in [-0.39, 0.29) is 12.7 Å². The first kappa shape index (κ1) is 15.0. The number of fused-ring (bicyclic) bond motifs is 1. The molecule has 0 unspecified atom stereocenters. The second-order valence-electron chi connectivity index (χ2n) is 5.19. The fourth-order valence-electron chi connectivity index (χ4n) is 2.18. The number of pyridine rings is 1. The average molecular weight is 311 g/mol. The van der Waals surface area contributed by atoms with Gasteiger partial charge >= 0.3 is 0 Å². The number of nitrogens with one attached hydrogen (secondary N) is 1. The zero-order chi connectivity index (χ0) is 16.1. The zero-order valence-corrected chi connectivity index (χ0v) is 12.8. The van der Waals surface area contributed by atoms with Gasteiger partial charge in [0, 0.05) is 11.9 Å². The fraction of sp³-hybridized carbons (Fsp3) is 0.235. The van der Waals surface area contributed by atoms with Crippen LogP contribution in [-0.4, -0.2) is 23.4 Å². The van der Waals surface area contributed by atoms with Crippen LogP contribution >= 0.6 is 0 Å². The molecule has 0 radical (unpaired) electrons. The van der Waals surface area contributed by atoms with E-state index in [0.29, 0.717) is 5.69 Å². The molecule has 1 amide bonds. The Morgan fingerprint density at radius 3 is 2.96 bits per heavy atom. The summed E-state index contributed by atoms with van der Waals surface area (Å²) in [7, 11) is 0. The van der Waals surface area contributed by atoms with Gasteiger partial charge in [-0.15, -0.1) is 0 Å². The van der Waals surface area contributed by atoms with Crippen molar-refractivity contribution in [3.63, 3.8) is 0 Å². The largest absolute Gasteiger partial charge is 0.454 e. The van der Waals surface area contributed by atoms with Crippen molar-refractivity contribution in [3.05, 3.63) is 53.9 Å². The average Bonchev–Trinajstić information content (AvgIpc) is 3.06. The van der Waals surface area contributed by atoms with Crippen LogP contribution in [0.2, 0.25) is 0 Å². The number of hydrogen-bond acceptors (Lipinski definition) is 5. The van der Waals surface area contributed by atoms with E-state index in [1.165, 1.54) is 0 Å². The third-order valence-electron chi connectivity index (χ3n) is 3.46. The standard InChI is InChI=1S/C17H17N3O3/c1-12(19-20-17(21)14-4-2-3-9-18-14)5-6-13-7-8-15-16(10-13)23-11-22-15/h2-4,7-10H,5-6,11H2,1H3,(H,20,21)/b19-12+. The Bertz CT molecular complexity index is 729. The third-order valence-corrected chi connectivity index (χ3v) is 3.46. The van der Waals surface area contributed by atoms with Gasteiger partial charge in [0.2, 0.25) is 6.79 Å². The predicted molar refractivity (Wildman–Crippen MR) is 85.7 cm³/mol. The molecule has 0 aliphatic carbocycles. The van der Waals surface area contributed by atoms with E-state index < -0.39 is 0 Å². The van der Waals surface area contributed by atoms with E-state index in [9.17, 15) is 4.79 Å². The number of carbonyl (C=O) groups is 1. The second kappa shape index (κ2) is 6.91. The van der Waals surface area contributed by atoms with Crippen molar-refractivity contribution < 1.29 is 14.3 Å². The van der Waals surface area contributed by atoms with E-state index in [1.807, 2.05) is 25.1 Å². The molecule has 1 N–H and O–H groups in total. The van der Waals surface area contributed by atoms with Crippen molar-refractivity contribution in [2.75, 3.05) is 6.79 Å². The molecule has 1 aromatic heterocycles. The SMILES string of the molecule is C/C(CCc1ccc2c(c1)OCO2)=N\NC(=O)c1ccccn1. The molecular weight excluding hydrogens is 294 g/mol. The normalized spacial score (nSPS) is 13.0. The molecule has 1 aromatic carbocycles. The quantitative estimate of drug-likeness (QED) is 0.680. The molecule has 2 aromatic rings. The fourth-order valence-corrected chi connectivity index (χ4v) is 2.18. The molecule has 0 spiro atoms. The summed E-state index contributed by atoms with van der Waals surface area (Å²) in [5.74, 6) is 1.25. The van der Waals surface area contributed by atoms with Gasteiger partial charge in [0.25, 0.3) is 5.91 Å². The van der Waals surface area contributed by atoms with Crippen LogP contribution < -0.4 is 14.9 Å². The van der Waals surface area contributed by atoms with Crippen LogP contribution in [-0.2, 0) is 6.42 Å². The predicted octanol–water partition coefficient (Wildman–Crippen LogP) is 2.55. The molecule has 6 nitrogen and oxygen atoms in total. The summed E-state index contributed by atoms with van der Waals surface area (Å²) in [6, 6.07) is 11.1. The third kappa shape index (κ3) is 3.85. The molecule has 6 heteroatoms. The van der Waals surface area contributed by atoms with Crippen LogP contribution in [0.15, 0.2) is 47.7 Å². The first-order chi connectivity index (χ1) is 11.2. The van der Waals surface area contributed by atoms with Gasteiger partial charge in [-0.3, -0.25) is 9.78 Å². The van der Waals surface area contributed by atoms with Crippen LogP contribution in [0.4, 0.5) is 0 Å². The summed E-state index contributed by atoms with van der Waals surface area (Å²) >= 11 is 0. The molecule has 0 bridgehead atoms. The summed E-state index contributed by atoms with van der Waals surface area (Å²) in [4.78, 5) is 15.8. The molecule has 2 heterocycles. The Labute approximate surface area is 134 Å². The minimum absolute atomic E-state index is 0.277. The Hall–Kier alpha value is -2.89. The summed E-state index contributed by atoms with van der Waals surface area (Å²) in [5.41, 5.74) is 4.84. The summed E-state index contributed by atoms with van der Waals surface area (Å²) in [5, 5.41) is 4.11. The Morgan fingerprint density at radius 2 is 2.13 bits per heavy atom. The zero-order valence-electron chi connectivity index (χ0n) is 12.8. The topological polar surface area (TPSA) is 72.8 Å². The Kier molecular flexibility index (Phi) is 4.52. The van der Waals surface area contributed by atoms with Crippen LogP contribution in [0.25, 0.3) is 0 Å². The number of hydrazone groups is 1. The van der Waals surface area contributed by atoms with Crippen molar-refractivity contribution in [1.29, 1.82) is 0 Å². The van der Waals surface area contributed by atoms with E-state index in [1.54, 1.807) is 24.4 Å². The maximum absolute atomic E-state index is 11.8. The molecule has 0 saturated heterocycles. The van der Waals surface area contributed by atoms with Gasteiger partial charge in [-0.2, -0.15) is 5.10 Å². The molecule has 23 heavy (non-hydrogen) atoms. The lowest BCUT2D eigenvalue weighted by Gasteiger charge is -2.04. The highest BCUT2D eigenvalue weighted by Crippen LogP contribution is 2.32. The van der Waals surface area contributed by atoms with E-state index >= 15 is 0 Å². The number of benzene rings is 1. The van der Waals surface area contributed by atoms with Crippen molar-refractivity contribution in [2.45, 2.75) is 19.8 Å². The first-order valence-electron chi connectivity index (χ1n) is 7.35. The monoisotopic (exact) mass is 311 g/mol. The number of carbonyl (C=O) groups excluding carboxylic acids is 1. The van der Waals surface area contributed by atoms with Crippen molar-refractivity contribution >= 4 is 11.6 Å². The van der Waals surface area contributed by atoms with Crippen molar-refractivity contribution in [3.8, 4) is 11.5 Å². The van der Waals surface area contributed by atoms with Crippen LogP contribution in [0.1, 0.15) is 29.4 Å². The van der Waals surface area contributed by atoms with Crippen LogP contribution in [0.3, 0.4) is 0 Å². The summed E-state index contributed by atoms with van der Waals surface area (Å²) in [6.45, 7) is 2.16. The maximum Gasteiger partial charge on any atom is 0.289 e. The number of hydrogen-bond donors (Lipinski definition) is 1. The molecular formula is C17H17N3O3. The van der Waals surface area contributed by atoms with Gasteiger partial charge in [-0.05, 0) is 49.6 Å². The minimum atomic E-state index is -0.312. The first-order valence-corrected chi connectivity index (χ1v) is 7.35. The second-order valence-corrected chi connectivity index (χ2v) is 5.19. The Morgan fingerprint density at radius 1 is 1.26 bits per heavy atom. The van der Waals surface area contributed by atoms with E-state index in [0.717, 1.165) is 35.6 Å². The Balaban J connectivity index is 1.53.